The van der Waals surface area contributed by atoms with Gasteiger partial charge in [-0.2, -0.15) is 0 Å². The Morgan fingerprint density at radius 3 is 2.63 bits per heavy atom. The molecular weight excluding hydrogens is 304 g/mol. The van der Waals surface area contributed by atoms with E-state index in [1.165, 1.54) is 18.4 Å². The number of benzene rings is 1. The molecule has 0 radical (unpaired) electrons. The van der Waals surface area contributed by atoms with E-state index in [1.54, 1.807) is 4.90 Å². The normalized spacial score (nSPS) is 16.2. The minimum absolute atomic E-state index is 0.0580. The van der Waals surface area contributed by atoms with E-state index in [0.29, 0.717) is 12.3 Å². The van der Waals surface area contributed by atoms with Crippen LogP contribution in [0.3, 0.4) is 0 Å². The van der Waals surface area contributed by atoms with Crippen LogP contribution < -0.4 is 5.73 Å². The number of hydrogen-bond acceptors (Lipinski definition) is 2. The summed E-state index contributed by atoms with van der Waals surface area (Å²) in [6.07, 6.45) is 3.75. The summed E-state index contributed by atoms with van der Waals surface area (Å²) in [4.78, 5) is 13.8. The van der Waals surface area contributed by atoms with Crippen LogP contribution in [0.1, 0.15) is 24.8 Å². The maximum absolute atomic E-state index is 12.0. The number of nitrogens with two attached hydrogens (primary N) is 1. The second-order valence-corrected chi connectivity index (χ2v) is 6.31. The SMILES string of the molecule is CN(CCc1ccc(Br)cc1)C(=O)CC(N)C1CC1. The molecule has 0 saturated heterocycles. The molecule has 1 aromatic rings. The van der Waals surface area contributed by atoms with Gasteiger partial charge in [0.25, 0.3) is 0 Å². The van der Waals surface area contributed by atoms with Gasteiger partial charge in [-0.15, -0.1) is 0 Å². The number of hydrogen-bond donors (Lipinski definition) is 1. The molecule has 1 saturated carbocycles. The number of carbonyl (C=O) groups excluding carboxylic acids is 1. The number of amides is 1. The lowest BCUT2D eigenvalue weighted by Gasteiger charge is -2.19. The molecule has 4 heteroatoms. The second kappa shape index (κ2) is 6.53. The number of rotatable bonds is 6. The maximum Gasteiger partial charge on any atom is 0.223 e. The van der Waals surface area contributed by atoms with Crippen molar-refractivity contribution in [2.24, 2.45) is 11.7 Å². The highest BCUT2D eigenvalue weighted by Crippen LogP contribution is 2.32. The van der Waals surface area contributed by atoms with Crippen LogP contribution in [0.2, 0.25) is 0 Å². The summed E-state index contributed by atoms with van der Waals surface area (Å²) >= 11 is 3.42. The van der Waals surface area contributed by atoms with Gasteiger partial charge in [-0.1, -0.05) is 28.1 Å². The average molecular weight is 325 g/mol. The molecule has 1 fully saturated rings. The van der Waals surface area contributed by atoms with Crippen LogP contribution >= 0.6 is 15.9 Å². The van der Waals surface area contributed by atoms with Crippen LogP contribution in [-0.4, -0.2) is 30.4 Å². The molecule has 2 rings (SSSR count). The summed E-state index contributed by atoms with van der Waals surface area (Å²) in [5, 5.41) is 0. The first kappa shape index (κ1) is 14.5. The highest BCUT2D eigenvalue weighted by atomic mass is 79.9. The summed E-state index contributed by atoms with van der Waals surface area (Å²) in [6.45, 7) is 0.748. The summed E-state index contributed by atoms with van der Waals surface area (Å²) in [5.74, 6) is 0.750. The fourth-order valence-corrected chi connectivity index (χ4v) is 2.39. The van der Waals surface area contributed by atoms with E-state index >= 15 is 0 Å². The molecule has 3 nitrogen and oxygen atoms in total. The van der Waals surface area contributed by atoms with Crippen molar-refractivity contribution in [3.05, 3.63) is 34.3 Å². The predicted molar refractivity (Wildman–Crippen MR) is 80.8 cm³/mol. The molecule has 1 unspecified atom stereocenters. The van der Waals surface area contributed by atoms with Crippen molar-refractivity contribution in [3.63, 3.8) is 0 Å². The van der Waals surface area contributed by atoms with E-state index in [-0.39, 0.29) is 11.9 Å². The molecule has 0 aliphatic heterocycles. The first-order valence-electron chi connectivity index (χ1n) is 6.80. The van der Waals surface area contributed by atoms with Gasteiger partial charge in [-0.05, 0) is 42.9 Å². The number of nitrogens with zero attached hydrogens (tertiary/aromatic N) is 1. The Hall–Kier alpha value is -0.870. The Morgan fingerprint density at radius 2 is 2.05 bits per heavy atom. The van der Waals surface area contributed by atoms with Gasteiger partial charge in [0.2, 0.25) is 5.91 Å². The largest absolute Gasteiger partial charge is 0.345 e. The van der Waals surface area contributed by atoms with Crippen LogP contribution in [0, 0.1) is 5.92 Å². The zero-order valence-electron chi connectivity index (χ0n) is 11.3. The zero-order valence-corrected chi connectivity index (χ0v) is 12.9. The van der Waals surface area contributed by atoms with Crippen molar-refractivity contribution in [1.29, 1.82) is 0 Å². The summed E-state index contributed by atoms with van der Waals surface area (Å²) in [5.41, 5.74) is 7.23. The van der Waals surface area contributed by atoms with E-state index < -0.39 is 0 Å². The van der Waals surface area contributed by atoms with Gasteiger partial charge >= 0.3 is 0 Å². The standard InChI is InChI=1S/C15H21BrN2O/c1-18(15(19)10-14(17)12-4-5-12)9-8-11-2-6-13(16)7-3-11/h2-3,6-7,12,14H,4-5,8-10,17H2,1H3. The van der Waals surface area contributed by atoms with Crippen molar-refractivity contribution in [1.82, 2.24) is 4.90 Å². The van der Waals surface area contributed by atoms with E-state index in [9.17, 15) is 4.79 Å². The van der Waals surface area contributed by atoms with Crippen LogP contribution in [0.25, 0.3) is 0 Å². The molecule has 19 heavy (non-hydrogen) atoms. The Morgan fingerprint density at radius 1 is 1.42 bits per heavy atom. The Kier molecular flexibility index (Phi) is 4.99. The molecule has 0 bridgehead atoms. The third kappa shape index (κ3) is 4.62. The topological polar surface area (TPSA) is 46.3 Å². The summed E-state index contributed by atoms with van der Waals surface area (Å²) in [6, 6.07) is 8.28. The van der Waals surface area contributed by atoms with Gasteiger partial charge in [-0.3, -0.25) is 4.79 Å². The molecule has 0 aromatic heterocycles. The Bertz CT molecular complexity index is 428. The van der Waals surface area contributed by atoms with E-state index in [2.05, 4.69) is 28.1 Å². The lowest BCUT2D eigenvalue weighted by molar-refractivity contribution is -0.130. The molecule has 2 N–H and O–H groups in total. The quantitative estimate of drug-likeness (QED) is 0.874. The van der Waals surface area contributed by atoms with Crippen LogP contribution in [0.4, 0.5) is 0 Å². The molecule has 0 heterocycles. The minimum Gasteiger partial charge on any atom is -0.345 e. The van der Waals surface area contributed by atoms with E-state index in [1.807, 2.05) is 19.2 Å². The number of carbonyl (C=O) groups is 1. The number of likely N-dealkylation sites (N-methyl/N-ethyl adjacent to an activating group) is 1. The van der Waals surface area contributed by atoms with Crippen molar-refractivity contribution in [3.8, 4) is 0 Å². The second-order valence-electron chi connectivity index (χ2n) is 5.40. The third-order valence-electron chi connectivity index (χ3n) is 3.71. The van der Waals surface area contributed by atoms with Gasteiger partial charge in [0.05, 0.1) is 0 Å². The Labute approximate surface area is 123 Å². The summed E-state index contributed by atoms with van der Waals surface area (Å²) in [7, 11) is 1.86. The van der Waals surface area contributed by atoms with Gasteiger partial charge < -0.3 is 10.6 Å². The van der Waals surface area contributed by atoms with Gasteiger partial charge in [-0.25, -0.2) is 0 Å². The minimum atomic E-state index is 0.0580. The van der Waals surface area contributed by atoms with Crippen LogP contribution in [0.15, 0.2) is 28.7 Å². The van der Waals surface area contributed by atoms with E-state index in [4.69, 9.17) is 5.73 Å². The maximum atomic E-state index is 12.0. The molecule has 1 amide bonds. The molecule has 0 spiro atoms. The molecule has 1 atom stereocenters. The lowest BCUT2D eigenvalue weighted by atomic mass is 10.1. The first-order valence-corrected chi connectivity index (χ1v) is 7.59. The van der Waals surface area contributed by atoms with Crippen molar-refractivity contribution < 1.29 is 4.79 Å². The molecule has 1 aliphatic rings. The fourth-order valence-electron chi connectivity index (χ4n) is 2.12. The molecule has 1 aromatic carbocycles. The number of halogens is 1. The van der Waals surface area contributed by atoms with Gasteiger partial charge in [0, 0.05) is 30.5 Å². The van der Waals surface area contributed by atoms with E-state index in [0.717, 1.165) is 17.4 Å². The molecular formula is C15H21BrN2O. The van der Waals surface area contributed by atoms with Gasteiger partial charge in [0.1, 0.15) is 0 Å². The fraction of sp³-hybridized carbons (Fsp3) is 0.533. The summed E-state index contributed by atoms with van der Waals surface area (Å²) < 4.78 is 1.08. The van der Waals surface area contributed by atoms with Crippen molar-refractivity contribution in [2.45, 2.75) is 31.7 Å². The zero-order chi connectivity index (χ0) is 13.8. The third-order valence-corrected chi connectivity index (χ3v) is 4.24. The van der Waals surface area contributed by atoms with Crippen molar-refractivity contribution >= 4 is 21.8 Å². The van der Waals surface area contributed by atoms with Crippen molar-refractivity contribution in [2.75, 3.05) is 13.6 Å². The van der Waals surface area contributed by atoms with Crippen LogP contribution in [-0.2, 0) is 11.2 Å². The lowest BCUT2D eigenvalue weighted by Crippen LogP contribution is -2.35. The highest BCUT2D eigenvalue weighted by Gasteiger charge is 2.30. The smallest absolute Gasteiger partial charge is 0.223 e. The Balaban J connectivity index is 1.75. The average Bonchev–Trinajstić information content (AvgIpc) is 3.21. The monoisotopic (exact) mass is 324 g/mol. The first-order chi connectivity index (χ1) is 9.06. The van der Waals surface area contributed by atoms with Crippen LogP contribution in [0.5, 0.6) is 0 Å². The highest BCUT2D eigenvalue weighted by molar-refractivity contribution is 9.10. The molecule has 1 aliphatic carbocycles. The molecule has 104 valence electrons. The van der Waals surface area contributed by atoms with Gasteiger partial charge in [0.15, 0.2) is 0 Å². The predicted octanol–water partition coefficient (Wildman–Crippen LogP) is 2.58.